The Labute approximate surface area is 168 Å². The van der Waals surface area contributed by atoms with Crippen LogP contribution >= 0.6 is 0 Å². The fraction of sp³-hybridized carbons (Fsp3) is 0.591. The number of amides is 3. The zero-order valence-electron chi connectivity index (χ0n) is 17.3. The van der Waals surface area contributed by atoms with Gasteiger partial charge in [0.1, 0.15) is 0 Å². The van der Waals surface area contributed by atoms with Gasteiger partial charge < -0.3 is 10.6 Å². The van der Waals surface area contributed by atoms with Crippen LogP contribution in [0.1, 0.15) is 65.7 Å². The van der Waals surface area contributed by atoms with E-state index in [0.717, 1.165) is 32.1 Å². The van der Waals surface area contributed by atoms with E-state index in [1.165, 1.54) is 11.3 Å². The molecular weight excluding hydrogens is 354 g/mol. The summed E-state index contributed by atoms with van der Waals surface area (Å²) in [6.07, 6.45) is 6.76. The SMILES string of the molecule is CC.CCCNC(=O)C1C(=O)Nc2ccccc2N1C(=O)CC1CCCCC1. The van der Waals surface area contributed by atoms with E-state index in [2.05, 4.69) is 10.6 Å². The normalized spacial score (nSPS) is 19.0. The minimum Gasteiger partial charge on any atom is -0.354 e. The summed E-state index contributed by atoms with van der Waals surface area (Å²) in [4.78, 5) is 39.8. The average Bonchev–Trinajstić information content (AvgIpc) is 2.73. The molecule has 0 spiro atoms. The number of benzene rings is 1. The Bertz CT molecular complexity index is 683. The number of rotatable bonds is 5. The molecule has 0 saturated heterocycles. The molecule has 1 aromatic carbocycles. The van der Waals surface area contributed by atoms with Gasteiger partial charge in [0.15, 0.2) is 6.04 Å². The molecule has 1 atom stereocenters. The van der Waals surface area contributed by atoms with Gasteiger partial charge in [0.05, 0.1) is 11.4 Å². The van der Waals surface area contributed by atoms with E-state index < -0.39 is 17.9 Å². The largest absolute Gasteiger partial charge is 0.354 e. The van der Waals surface area contributed by atoms with E-state index in [9.17, 15) is 14.4 Å². The molecule has 1 heterocycles. The van der Waals surface area contributed by atoms with Crippen LogP contribution in [0.15, 0.2) is 24.3 Å². The standard InChI is InChI=1S/C20H27N3O3.C2H6/c1-2-12-21-19(25)18-20(26)22-15-10-6-7-11-16(15)23(18)17(24)13-14-8-4-3-5-9-14;1-2/h6-7,10-11,14,18H,2-5,8-9,12-13H2,1H3,(H,21,25)(H,22,26);1-2H3. The molecule has 28 heavy (non-hydrogen) atoms. The summed E-state index contributed by atoms with van der Waals surface area (Å²) < 4.78 is 0. The Morgan fingerprint density at radius 1 is 1.14 bits per heavy atom. The third kappa shape index (κ3) is 5.12. The lowest BCUT2D eigenvalue weighted by atomic mass is 9.86. The first-order valence-electron chi connectivity index (χ1n) is 10.6. The number of fused-ring (bicyclic) bond motifs is 1. The summed E-state index contributed by atoms with van der Waals surface area (Å²) in [5.41, 5.74) is 1.18. The zero-order chi connectivity index (χ0) is 20.5. The highest BCUT2D eigenvalue weighted by Crippen LogP contribution is 2.34. The van der Waals surface area contributed by atoms with Gasteiger partial charge in [-0.1, -0.05) is 52.2 Å². The second kappa shape index (κ2) is 10.8. The second-order valence-electron chi connectivity index (χ2n) is 7.17. The van der Waals surface area contributed by atoms with E-state index in [1.807, 2.05) is 26.8 Å². The van der Waals surface area contributed by atoms with Crippen LogP contribution in [0.4, 0.5) is 11.4 Å². The van der Waals surface area contributed by atoms with Crippen LogP contribution in [-0.2, 0) is 14.4 Å². The highest BCUT2D eigenvalue weighted by Gasteiger charge is 2.41. The van der Waals surface area contributed by atoms with Crippen molar-refractivity contribution in [2.24, 2.45) is 5.92 Å². The molecule has 1 fully saturated rings. The number of carbonyl (C=O) groups is 3. The van der Waals surface area contributed by atoms with Crippen molar-refractivity contribution in [3.63, 3.8) is 0 Å². The maximum absolute atomic E-state index is 13.1. The molecule has 0 bridgehead atoms. The van der Waals surface area contributed by atoms with Crippen molar-refractivity contribution >= 4 is 29.1 Å². The van der Waals surface area contributed by atoms with Gasteiger partial charge in [-0.25, -0.2) is 0 Å². The molecule has 1 aromatic rings. The summed E-state index contributed by atoms with van der Waals surface area (Å²) in [5, 5.41) is 5.52. The smallest absolute Gasteiger partial charge is 0.257 e. The van der Waals surface area contributed by atoms with E-state index in [-0.39, 0.29) is 5.91 Å². The molecule has 1 aliphatic heterocycles. The predicted octanol–water partition coefficient (Wildman–Crippen LogP) is 3.86. The number of nitrogens with zero attached hydrogens (tertiary/aromatic N) is 1. The van der Waals surface area contributed by atoms with Crippen molar-refractivity contribution in [2.45, 2.75) is 71.8 Å². The molecule has 6 nitrogen and oxygen atoms in total. The van der Waals surface area contributed by atoms with Crippen molar-refractivity contribution in [2.75, 3.05) is 16.8 Å². The quantitative estimate of drug-likeness (QED) is 0.753. The maximum atomic E-state index is 13.1. The molecule has 6 heteroatoms. The summed E-state index contributed by atoms with van der Waals surface area (Å²) >= 11 is 0. The molecule has 2 N–H and O–H groups in total. The number of nitrogens with one attached hydrogen (secondary N) is 2. The van der Waals surface area contributed by atoms with Crippen LogP contribution in [0.5, 0.6) is 0 Å². The first-order valence-corrected chi connectivity index (χ1v) is 10.6. The van der Waals surface area contributed by atoms with E-state index in [1.54, 1.807) is 18.2 Å². The Morgan fingerprint density at radius 3 is 2.50 bits per heavy atom. The number of anilines is 2. The lowest BCUT2D eigenvalue weighted by Gasteiger charge is -2.36. The molecule has 2 aliphatic rings. The van der Waals surface area contributed by atoms with Crippen molar-refractivity contribution in [3.05, 3.63) is 24.3 Å². The lowest BCUT2D eigenvalue weighted by molar-refractivity contribution is -0.132. The first kappa shape index (κ1) is 21.9. The van der Waals surface area contributed by atoms with Gasteiger partial charge in [-0.2, -0.15) is 0 Å². The number of hydrogen-bond acceptors (Lipinski definition) is 3. The van der Waals surface area contributed by atoms with E-state index >= 15 is 0 Å². The maximum Gasteiger partial charge on any atom is 0.257 e. The minimum atomic E-state index is -1.15. The van der Waals surface area contributed by atoms with Gasteiger partial charge in [-0.15, -0.1) is 0 Å². The van der Waals surface area contributed by atoms with Gasteiger partial charge in [0.25, 0.3) is 11.8 Å². The Kier molecular flexibility index (Phi) is 8.48. The summed E-state index contributed by atoms with van der Waals surface area (Å²) in [6.45, 7) is 6.43. The molecule has 0 radical (unpaired) electrons. The molecule has 0 aromatic heterocycles. The van der Waals surface area contributed by atoms with E-state index in [4.69, 9.17) is 0 Å². The Hall–Kier alpha value is -2.37. The fourth-order valence-corrected chi connectivity index (χ4v) is 3.84. The van der Waals surface area contributed by atoms with Crippen LogP contribution in [0.3, 0.4) is 0 Å². The fourth-order valence-electron chi connectivity index (χ4n) is 3.84. The minimum absolute atomic E-state index is 0.143. The zero-order valence-corrected chi connectivity index (χ0v) is 17.3. The summed E-state index contributed by atoms with van der Waals surface area (Å²) in [5.74, 6) is -0.672. The van der Waals surface area contributed by atoms with Gasteiger partial charge in [-0.05, 0) is 37.3 Å². The molecule has 1 unspecified atom stereocenters. The third-order valence-corrected chi connectivity index (χ3v) is 5.18. The van der Waals surface area contributed by atoms with Crippen molar-refractivity contribution < 1.29 is 14.4 Å². The topological polar surface area (TPSA) is 78.5 Å². The monoisotopic (exact) mass is 387 g/mol. The van der Waals surface area contributed by atoms with Crippen molar-refractivity contribution in [1.82, 2.24) is 5.32 Å². The third-order valence-electron chi connectivity index (χ3n) is 5.18. The van der Waals surface area contributed by atoms with Gasteiger partial charge >= 0.3 is 0 Å². The van der Waals surface area contributed by atoms with Crippen LogP contribution in [0, 0.1) is 5.92 Å². The molecule has 1 aliphatic carbocycles. The molecule has 154 valence electrons. The van der Waals surface area contributed by atoms with Gasteiger partial charge in [0.2, 0.25) is 5.91 Å². The van der Waals surface area contributed by atoms with Crippen LogP contribution in [-0.4, -0.2) is 30.3 Å². The van der Waals surface area contributed by atoms with Crippen LogP contribution < -0.4 is 15.5 Å². The molecule has 3 rings (SSSR count). The van der Waals surface area contributed by atoms with E-state index in [0.29, 0.717) is 30.3 Å². The van der Waals surface area contributed by atoms with Crippen molar-refractivity contribution in [1.29, 1.82) is 0 Å². The van der Waals surface area contributed by atoms with Crippen LogP contribution in [0.2, 0.25) is 0 Å². The Balaban J connectivity index is 0.00000136. The number of para-hydroxylation sites is 2. The Morgan fingerprint density at radius 2 is 1.82 bits per heavy atom. The first-order chi connectivity index (χ1) is 13.6. The molecule has 1 saturated carbocycles. The average molecular weight is 388 g/mol. The highest BCUT2D eigenvalue weighted by atomic mass is 16.2. The van der Waals surface area contributed by atoms with Crippen molar-refractivity contribution in [3.8, 4) is 0 Å². The summed E-state index contributed by atoms with van der Waals surface area (Å²) in [6, 6.07) is 6.02. The molecular formula is C22H33N3O3. The second-order valence-corrected chi connectivity index (χ2v) is 7.17. The number of carbonyl (C=O) groups excluding carboxylic acids is 3. The lowest BCUT2D eigenvalue weighted by Crippen LogP contribution is -2.58. The molecule has 3 amide bonds. The van der Waals surface area contributed by atoms with Crippen LogP contribution in [0.25, 0.3) is 0 Å². The number of hydrogen-bond donors (Lipinski definition) is 2. The summed E-state index contributed by atoms with van der Waals surface area (Å²) in [7, 11) is 0. The highest BCUT2D eigenvalue weighted by molar-refractivity contribution is 6.21. The predicted molar refractivity (Wildman–Crippen MR) is 112 cm³/mol. The van der Waals surface area contributed by atoms with Gasteiger partial charge in [0, 0.05) is 13.0 Å². The van der Waals surface area contributed by atoms with Gasteiger partial charge in [-0.3, -0.25) is 19.3 Å².